The van der Waals surface area contributed by atoms with E-state index in [-0.39, 0.29) is 11.1 Å². The molecule has 0 saturated carbocycles. The Kier molecular flexibility index (Phi) is 5.28. The molecule has 4 aromatic rings. The molecular formula is C23H22N4O6. The van der Waals surface area contributed by atoms with Crippen LogP contribution in [0.5, 0.6) is 11.5 Å². The Bertz CT molecular complexity index is 1540. The molecule has 0 unspecified atom stereocenters. The minimum Gasteiger partial charge on any atom is -0.497 e. The van der Waals surface area contributed by atoms with Gasteiger partial charge in [0.2, 0.25) is 0 Å². The first-order valence-corrected chi connectivity index (χ1v) is 9.98. The van der Waals surface area contributed by atoms with Crippen LogP contribution in [0.4, 0.5) is 5.69 Å². The highest BCUT2D eigenvalue weighted by Crippen LogP contribution is 2.37. The van der Waals surface area contributed by atoms with E-state index >= 15 is 0 Å². The van der Waals surface area contributed by atoms with Crippen LogP contribution in [0.1, 0.15) is 5.56 Å². The summed E-state index contributed by atoms with van der Waals surface area (Å²) in [5, 5.41) is 11.9. The monoisotopic (exact) mass is 450 g/mol. The average Bonchev–Trinajstić information content (AvgIpc) is 3.21. The molecule has 0 amide bonds. The molecule has 33 heavy (non-hydrogen) atoms. The van der Waals surface area contributed by atoms with E-state index in [1.807, 2.05) is 0 Å². The van der Waals surface area contributed by atoms with Crippen LogP contribution in [0.15, 0.2) is 52.2 Å². The molecule has 2 heterocycles. The quantitative estimate of drug-likeness (QED) is 0.342. The van der Waals surface area contributed by atoms with E-state index in [1.54, 1.807) is 55.1 Å². The number of hydrogen-bond donors (Lipinski definition) is 0. The van der Waals surface area contributed by atoms with Crippen molar-refractivity contribution >= 4 is 16.6 Å². The molecule has 170 valence electrons. The molecule has 2 aromatic carbocycles. The standard InChI is InChI=1S/C23H22N4O6/c1-13-6-7-14(10-17(13)27(30)31)21-20-18(24(2)23(29)25(3)22(20)28)12-26(21)16-9-8-15(32-4)11-19(16)33-5/h6-12H,1-5H3. The van der Waals surface area contributed by atoms with Crippen LogP contribution in [-0.2, 0) is 14.1 Å². The second-order valence-electron chi connectivity index (χ2n) is 7.61. The lowest BCUT2D eigenvalue weighted by Crippen LogP contribution is -2.36. The minimum atomic E-state index is -0.502. The summed E-state index contributed by atoms with van der Waals surface area (Å²) in [7, 11) is 6.01. The van der Waals surface area contributed by atoms with E-state index in [4.69, 9.17) is 9.47 Å². The van der Waals surface area contributed by atoms with E-state index in [1.165, 1.54) is 31.9 Å². The molecule has 0 fully saturated rings. The summed E-state index contributed by atoms with van der Waals surface area (Å²) in [6, 6.07) is 9.97. The van der Waals surface area contributed by atoms with Gasteiger partial charge < -0.3 is 14.0 Å². The second kappa shape index (κ2) is 7.97. The zero-order valence-corrected chi connectivity index (χ0v) is 18.8. The van der Waals surface area contributed by atoms with Crippen LogP contribution in [-0.4, -0.2) is 32.8 Å². The van der Waals surface area contributed by atoms with Crippen molar-refractivity contribution in [2.75, 3.05) is 14.2 Å². The molecule has 2 aromatic heterocycles. The summed E-state index contributed by atoms with van der Waals surface area (Å²) in [5.41, 5.74) is 1.26. The third kappa shape index (κ3) is 3.36. The van der Waals surface area contributed by atoms with Gasteiger partial charge in [-0.3, -0.25) is 24.0 Å². The van der Waals surface area contributed by atoms with E-state index in [2.05, 4.69) is 0 Å². The first-order valence-electron chi connectivity index (χ1n) is 9.98. The molecular weight excluding hydrogens is 428 g/mol. The number of rotatable bonds is 5. The number of aryl methyl sites for hydroxylation is 2. The summed E-state index contributed by atoms with van der Waals surface area (Å²) < 4.78 is 14.9. The summed E-state index contributed by atoms with van der Waals surface area (Å²) in [6.45, 7) is 1.65. The van der Waals surface area contributed by atoms with Gasteiger partial charge in [0, 0.05) is 43.6 Å². The zero-order valence-electron chi connectivity index (χ0n) is 18.8. The fraction of sp³-hybridized carbons (Fsp3) is 0.217. The lowest BCUT2D eigenvalue weighted by molar-refractivity contribution is -0.385. The van der Waals surface area contributed by atoms with Gasteiger partial charge >= 0.3 is 5.69 Å². The number of hydrogen-bond acceptors (Lipinski definition) is 6. The van der Waals surface area contributed by atoms with Crippen LogP contribution in [0, 0.1) is 17.0 Å². The molecule has 10 heteroatoms. The molecule has 4 rings (SSSR count). The Morgan fingerprint density at radius 3 is 2.33 bits per heavy atom. The van der Waals surface area contributed by atoms with Gasteiger partial charge in [0.1, 0.15) is 11.5 Å². The van der Waals surface area contributed by atoms with Gasteiger partial charge in [0.15, 0.2) is 0 Å². The third-order valence-electron chi connectivity index (χ3n) is 5.76. The molecule has 0 spiro atoms. The van der Waals surface area contributed by atoms with Crippen LogP contribution in [0.3, 0.4) is 0 Å². The lowest BCUT2D eigenvalue weighted by atomic mass is 10.1. The smallest absolute Gasteiger partial charge is 0.330 e. The number of methoxy groups -OCH3 is 2. The minimum absolute atomic E-state index is 0.0725. The Hall–Kier alpha value is -4.34. The number of fused-ring (bicyclic) bond motifs is 1. The highest BCUT2D eigenvalue weighted by atomic mass is 16.6. The number of nitrogens with zero attached hydrogens (tertiary/aromatic N) is 4. The first-order chi connectivity index (χ1) is 15.7. The number of ether oxygens (including phenoxy) is 2. The van der Waals surface area contributed by atoms with Gasteiger partial charge in [0.25, 0.3) is 11.2 Å². The largest absolute Gasteiger partial charge is 0.497 e. The summed E-state index contributed by atoms with van der Waals surface area (Å²) in [6.07, 6.45) is 1.66. The maximum atomic E-state index is 13.2. The molecule has 0 aliphatic carbocycles. The summed E-state index contributed by atoms with van der Waals surface area (Å²) in [5.74, 6) is 1.03. The molecule has 0 N–H and O–H groups in total. The second-order valence-corrected chi connectivity index (χ2v) is 7.61. The third-order valence-corrected chi connectivity index (χ3v) is 5.76. The van der Waals surface area contributed by atoms with E-state index in [0.717, 1.165) is 4.57 Å². The predicted molar refractivity (Wildman–Crippen MR) is 124 cm³/mol. The number of aromatic nitrogens is 3. The van der Waals surface area contributed by atoms with Gasteiger partial charge in [-0.05, 0) is 19.1 Å². The summed E-state index contributed by atoms with van der Waals surface area (Å²) >= 11 is 0. The van der Waals surface area contributed by atoms with Crippen LogP contribution in [0.25, 0.3) is 27.8 Å². The Morgan fingerprint density at radius 2 is 1.70 bits per heavy atom. The molecule has 0 aliphatic rings. The highest BCUT2D eigenvalue weighted by Gasteiger charge is 2.23. The van der Waals surface area contributed by atoms with Gasteiger partial charge in [-0.1, -0.05) is 12.1 Å². The van der Waals surface area contributed by atoms with Crippen molar-refractivity contribution < 1.29 is 14.4 Å². The predicted octanol–water partition coefficient (Wildman–Crippen LogP) is 2.93. The zero-order chi connectivity index (χ0) is 24.0. The normalized spacial score (nSPS) is 11.1. The van der Waals surface area contributed by atoms with Crippen LogP contribution < -0.4 is 20.7 Å². The van der Waals surface area contributed by atoms with Gasteiger partial charge in [-0.15, -0.1) is 0 Å². The topological polar surface area (TPSA) is 111 Å². The number of nitro benzene ring substituents is 1. The molecule has 0 radical (unpaired) electrons. The molecule has 10 nitrogen and oxygen atoms in total. The highest BCUT2D eigenvalue weighted by molar-refractivity contribution is 5.95. The van der Waals surface area contributed by atoms with Crippen molar-refractivity contribution in [1.82, 2.24) is 13.7 Å². The SMILES string of the molecule is COc1ccc(-n2cc3c(c2-c2ccc(C)c([N+](=O)[O-])c2)c(=O)n(C)c(=O)n3C)c(OC)c1. The molecule has 0 atom stereocenters. The maximum absolute atomic E-state index is 13.2. The maximum Gasteiger partial charge on any atom is 0.330 e. The van der Waals surface area contributed by atoms with Crippen molar-refractivity contribution in [2.24, 2.45) is 14.1 Å². The molecule has 0 bridgehead atoms. The van der Waals surface area contributed by atoms with Crippen molar-refractivity contribution in [3.63, 3.8) is 0 Å². The van der Waals surface area contributed by atoms with E-state index < -0.39 is 16.2 Å². The van der Waals surface area contributed by atoms with E-state index in [9.17, 15) is 19.7 Å². The van der Waals surface area contributed by atoms with Crippen molar-refractivity contribution in [3.8, 4) is 28.4 Å². The van der Waals surface area contributed by atoms with Crippen LogP contribution >= 0.6 is 0 Å². The fourth-order valence-electron chi connectivity index (χ4n) is 3.95. The Balaban J connectivity index is 2.20. The van der Waals surface area contributed by atoms with Crippen molar-refractivity contribution in [1.29, 1.82) is 0 Å². The fourth-order valence-corrected chi connectivity index (χ4v) is 3.95. The lowest BCUT2D eigenvalue weighted by Gasteiger charge is -2.15. The van der Waals surface area contributed by atoms with Crippen LogP contribution in [0.2, 0.25) is 0 Å². The van der Waals surface area contributed by atoms with Gasteiger partial charge in [-0.25, -0.2) is 4.79 Å². The Morgan fingerprint density at radius 1 is 0.970 bits per heavy atom. The number of nitro groups is 1. The molecule has 0 saturated heterocycles. The number of benzene rings is 2. The average molecular weight is 450 g/mol. The Labute approximate surface area is 188 Å². The summed E-state index contributed by atoms with van der Waals surface area (Å²) in [4.78, 5) is 37.0. The van der Waals surface area contributed by atoms with Crippen molar-refractivity contribution in [2.45, 2.75) is 6.92 Å². The van der Waals surface area contributed by atoms with Gasteiger partial charge in [0.05, 0.1) is 41.4 Å². The first kappa shape index (κ1) is 21.9. The van der Waals surface area contributed by atoms with Gasteiger partial charge in [-0.2, -0.15) is 0 Å². The van der Waals surface area contributed by atoms with E-state index in [0.29, 0.717) is 39.5 Å². The molecule has 0 aliphatic heterocycles. The van der Waals surface area contributed by atoms with Crippen molar-refractivity contribution in [3.05, 3.63) is 79.1 Å².